The maximum Gasteiger partial charge on any atom is 0.255 e. The second-order valence-corrected chi connectivity index (χ2v) is 6.88. The van der Waals surface area contributed by atoms with E-state index in [0.29, 0.717) is 31.1 Å². The topological polar surface area (TPSA) is 86.8 Å². The minimum Gasteiger partial charge on any atom is -0.339 e. The Morgan fingerprint density at radius 3 is 2.79 bits per heavy atom. The van der Waals surface area contributed by atoms with E-state index in [2.05, 4.69) is 21.4 Å². The average molecular weight is 390 g/mol. The molecule has 29 heavy (non-hydrogen) atoms. The fourth-order valence-corrected chi connectivity index (χ4v) is 3.48. The number of hydrogen-bond donors (Lipinski definition) is 1. The van der Waals surface area contributed by atoms with Crippen LogP contribution >= 0.6 is 0 Å². The molecule has 1 atom stereocenters. The summed E-state index contributed by atoms with van der Waals surface area (Å²) in [6.45, 7) is 1.96. The fourth-order valence-electron chi connectivity index (χ4n) is 3.48. The summed E-state index contributed by atoms with van der Waals surface area (Å²) in [4.78, 5) is 22.9. The predicted molar refractivity (Wildman–Crippen MR) is 107 cm³/mol. The molecule has 0 amide bonds. The van der Waals surface area contributed by atoms with Crippen LogP contribution in [0.5, 0.6) is 0 Å². The van der Waals surface area contributed by atoms with Crippen molar-refractivity contribution in [2.45, 2.75) is 6.04 Å². The molecular weight excluding hydrogens is 371 g/mol. The zero-order chi connectivity index (χ0) is 20.4. The van der Waals surface area contributed by atoms with Gasteiger partial charge in [-0.3, -0.25) is 14.3 Å². The number of rotatable bonds is 3. The third kappa shape index (κ3) is 3.73. The number of aromatic nitrogens is 3. The number of piperazine rings is 1. The molecule has 2 aromatic heterocycles. The molecule has 1 fully saturated rings. The lowest BCUT2D eigenvalue weighted by Gasteiger charge is -2.35. The van der Waals surface area contributed by atoms with E-state index < -0.39 is 5.82 Å². The predicted octanol–water partition coefficient (Wildman–Crippen LogP) is 2.00. The van der Waals surface area contributed by atoms with Crippen LogP contribution in [-0.4, -0.2) is 34.2 Å². The van der Waals surface area contributed by atoms with Crippen LogP contribution in [0.15, 0.2) is 53.6 Å². The van der Waals surface area contributed by atoms with Gasteiger partial charge in [0, 0.05) is 50.6 Å². The molecule has 1 saturated heterocycles. The highest BCUT2D eigenvalue weighted by Gasteiger charge is 2.24. The highest BCUT2D eigenvalue weighted by atomic mass is 19.1. The molecule has 146 valence electrons. The zero-order valence-electron chi connectivity index (χ0n) is 15.8. The molecule has 8 heteroatoms. The fraction of sp³-hybridized carbons (Fsp3) is 0.238. The Balaban J connectivity index is 1.67. The number of halogens is 1. The van der Waals surface area contributed by atoms with Gasteiger partial charge in [-0.15, -0.1) is 0 Å². The largest absolute Gasteiger partial charge is 0.339 e. The summed E-state index contributed by atoms with van der Waals surface area (Å²) in [6, 6.07) is 12.4. The molecule has 3 aromatic rings. The first kappa shape index (κ1) is 18.8. The normalized spacial score (nSPS) is 16.4. The summed E-state index contributed by atoms with van der Waals surface area (Å²) in [5.41, 5.74) is 1.94. The van der Waals surface area contributed by atoms with E-state index in [-0.39, 0.29) is 22.9 Å². The van der Waals surface area contributed by atoms with E-state index in [4.69, 9.17) is 5.26 Å². The van der Waals surface area contributed by atoms with Crippen molar-refractivity contribution in [2.24, 2.45) is 7.05 Å². The number of nitrogens with one attached hydrogen (secondary N) is 1. The van der Waals surface area contributed by atoms with E-state index in [1.54, 1.807) is 19.2 Å². The second kappa shape index (κ2) is 7.81. The van der Waals surface area contributed by atoms with Crippen molar-refractivity contribution in [1.82, 2.24) is 19.9 Å². The van der Waals surface area contributed by atoms with Crippen LogP contribution in [0, 0.1) is 17.1 Å². The zero-order valence-corrected chi connectivity index (χ0v) is 15.8. The molecule has 0 radical (unpaired) electrons. The van der Waals surface area contributed by atoms with E-state index in [1.165, 1.54) is 22.9 Å². The van der Waals surface area contributed by atoms with Gasteiger partial charge in [0.25, 0.3) is 5.56 Å². The molecule has 0 saturated carbocycles. The minimum absolute atomic E-state index is 0.0229. The minimum atomic E-state index is -0.519. The van der Waals surface area contributed by atoms with Gasteiger partial charge in [0.15, 0.2) is 5.82 Å². The van der Waals surface area contributed by atoms with Crippen molar-refractivity contribution in [3.05, 3.63) is 76.1 Å². The van der Waals surface area contributed by atoms with Gasteiger partial charge >= 0.3 is 0 Å². The second-order valence-electron chi connectivity index (χ2n) is 6.88. The molecule has 1 aromatic carbocycles. The monoisotopic (exact) mass is 390 g/mol. The highest BCUT2D eigenvalue weighted by Crippen LogP contribution is 2.24. The molecular formula is C21H19FN6O. The van der Waals surface area contributed by atoms with Crippen LogP contribution < -0.4 is 15.8 Å². The van der Waals surface area contributed by atoms with E-state index in [1.807, 2.05) is 17.0 Å². The van der Waals surface area contributed by atoms with Crippen molar-refractivity contribution < 1.29 is 4.39 Å². The number of anilines is 1. The lowest BCUT2D eigenvalue weighted by molar-refractivity contribution is 0.462. The number of nitriles is 1. The van der Waals surface area contributed by atoms with Gasteiger partial charge in [0.05, 0.1) is 23.5 Å². The summed E-state index contributed by atoms with van der Waals surface area (Å²) >= 11 is 0. The summed E-state index contributed by atoms with van der Waals surface area (Å²) in [6.07, 6.45) is 2.59. The van der Waals surface area contributed by atoms with E-state index >= 15 is 0 Å². The van der Waals surface area contributed by atoms with Gasteiger partial charge in [0.2, 0.25) is 5.95 Å². The van der Waals surface area contributed by atoms with Gasteiger partial charge < -0.3 is 10.2 Å². The summed E-state index contributed by atoms with van der Waals surface area (Å²) in [5.74, 6) is -0.0289. The van der Waals surface area contributed by atoms with Crippen LogP contribution in [0.4, 0.5) is 10.3 Å². The standard InChI is InChI=1S/C21H19FN6O/c1-27-20(29)10-18(16-6-7-24-12-17(16)22)26-21(27)28-9-8-25-19(13-28)15-4-2-14(11-23)3-5-15/h2-7,10,12,19,25H,8-9,13H2,1H3/t19-/m0/s1. The third-order valence-electron chi connectivity index (χ3n) is 5.06. The molecule has 0 bridgehead atoms. The molecule has 1 N–H and O–H groups in total. The van der Waals surface area contributed by atoms with Crippen LogP contribution in [0.2, 0.25) is 0 Å². The first-order chi connectivity index (χ1) is 14.1. The Kier molecular flexibility index (Phi) is 5.06. The van der Waals surface area contributed by atoms with Gasteiger partial charge in [-0.25, -0.2) is 9.37 Å². The van der Waals surface area contributed by atoms with Crippen LogP contribution in [0.1, 0.15) is 17.2 Å². The van der Waals surface area contributed by atoms with Crippen molar-refractivity contribution in [2.75, 3.05) is 24.5 Å². The molecule has 7 nitrogen and oxygen atoms in total. The number of hydrogen-bond acceptors (Lipinski definition) is 6. The molecule has 4 rings (SSSR count). The van der Waals surface area contributed by atoms with Crippen LogP contribution in [0.3, 0.4) is 0 Å². The summed E-state index contributed by atoms with van der Waals surface area (Å²) < 4.78 is 15.6. The Morgan fingerprint density at radius 1 is 1.28 bits per heavy atom. The van der Waals surface area contributed by atoms with Gasteiger partial charge in [0.1, 0.15) is 0 Å². The maximum atomic E-state index is 14.2. The van der Waals surface area contributed by atoms with Gasteiger partial charge in [-0.05, 0) is 23.8 Å². The smallest absolute Gasteiger partial charge is 0.255 e. The van der Waals surface area contributed by atoms with Crippen molar-refractivity contribution in [1.29, 1.82) is 5.26 Å². The Bertz CT molecular complexity index is 1140. The molecule has 1 aliphatic heterocycles. The molecule has 0 unspecified atom stereocenters. The molecule has 0 aliphatic carbocycles. The first-order valence-corrected chi connectivity index (χ1v) is 9.23. The Hall–Kier alpha value is -3.57. The summed E-state index contributed by atoms with van der Waals surface area (Å²) in [5, 5.41) is 12.4. The molecule has 1 aliphatic rings. The quantitative estimate of drug-likeness (QED) is 0.736. The molecule has 0 spiro atoms. The van der Waals surface area contributed by atoms with E-state index in [0.717, 1.165) is 11.8 Å². The van der Waals surface area contributed by atoms with E-state index in [9.17, 15) is 9.18 Å². The average Bonchev–Trinajstić information content (AvgIpc) is 2.76. The SMILES string of the molecule is Cn1c(N2CCN[C@H](c3ccc(C#N)cc3)C2)nc(-c2ccncc2F)cc1=O. The van der Waals surface area contributed by atoms with Gasteiger partial charge in [-0.2, -0.15) is 5.26 Å². The number of benzene rings is 1. The Labute approximate surface area is 167 Å². The number of pyridine rings is 1. The maximum absolute atomic E-state index is 14.2. The lowest BCUT2D eigenvalue weighted by Crippen LogP contribution is -2.47. The number of nitrogens with zero attached hydrogens (tertiary/aromatic N) is 5. The highest BCUT2D eigenvalue weighted by molar-refractivity contribution is 5.60. The van der Waals surface area contributed by atoms with Crippen LogP contribution in [-0.2, 0) is 7.05 Å². The molecule has 3 heterocycles. The Morgan fingerprint density at radius 2 is 2.07 bits per heavy atom. The van der Waals surface area contributed by atoms with Crippen molar-refractivity contribution in [3.63, 3.8) is 0 Å². The van der Waals surface area contributed by atoms with Crippen LogP contribution in [0.25, 0.3) is 11.3 Å². The summed E-state index contributed by atoms with van der Waals surface area (Å²) in [7, 11) is 1.66. The van der Waals surface area contributed by atoms with Crippen molar-refractivity contribution in [3.8, 4) is 17.3 Å². The third-order valence-corrected chi connectivity index (χ3v) is 5.06. The first-order valence-electron chi connectivity index (χ1n) is 9.23. The van der Waals surface area contributed by atoms with Gasteiger partial charge in [-0.1, -0.05) is 12.1 Å². The lowest BCUT2D eigenvalue weighted by atomic mass is 10.0. The van der Waals surface area contributed by atoms with Crippen molar-refractivity contribution >= 4 is 5.95 Å².